The van der Waals surface area contributed by atoms with Crippen molar-refractivity contribution in [2.45, 2.75) is 36.5 Å². The van der Waals surface area contributed by atoms with E-state index in [0.29, 0.717) is 24.6 Å². The Morgan fingerprint density at radius 1 is 1.11 bits per heavy atom. The molecule has 2 aromatic rings. The number of hydrogen-bond donors (Lipinski definition) is 1. The predicted octanol–water partition coefficient (Wildman–Crippen LogP) is 2.86. The molecule has 1 saturated heterocycles. The minimum absolute atomic E-state index is 0.0442. The molecule has 1 heterocycles. The lowest BCUT2D eigenvalue weighted by Gasteiger charge is -2.38. The van der Waals surface area contributed by atoms with E-state index in [-0.39, 0.29) is 22.6 Å². The Hall–Kier alpha value is -2.18. The summed E-state index contributed by atoms with van der Waals surface area (Å²) in [6.07, 6.45) is 1.87. The maximum atomic E-state index is 12.8. The van der Waals surface area contributed by atoms with Crippen molar-refractivity contribution in [2.24, 2.45) is 11.7 Å². The van der Waals surface area contributed by atoms with Gasteiger partial charge in [0.1, 0.15) is 0 Å². The Balaban J connectivity index is 1.75. The van der Waals surface area contributed by atoms with E-state index in [2.05, 4.69) is 6.92 Å². The molecule has 144 valence electrons. The standard InChI is InChI=1S/C21H26N2O3S/c1-16-11-12-23(19(13-16)14-22)21(24)18-7-9-20(10-8-18)27(25,26)15-17-5-3-2-4-6-17/h2-10,16,19H,11-15,22H2,1H3. The average Bonchev–Trinajstić information content (AvgIpc) is 2.68. The van der Waals surface area contributed by atoms with Crippen molar-refractivity contribution in [1.29, 1.82) is 0 Å². The summed E-state index contributed by atoms with van der Waals surface area (Å²) < 4.78 is 25.2. The molecule has 0 bridgehead atoms. The number of amides is 1. The molecule has 2 N–H and O–H groups in total. The number of nitrogens with zero attached hydrogens (tertiary/aromatic N) is 1. The molecule has 0 saturated carbocycles. The third-order valence-electron chi connectivity index (χ3n) is 5.17. The number of nitrogens with two attached hydrogens (primary N) is 1. The summed E-state index contributed by atoms with van der Waals surface area (Å²) in [7, 11) is -3.45. The lowest BCUT2D eigenvalue weighted by atomic mass is 9.92. The molecule has 0 spiro atoms. The molecule has 3 rings (SSSR count). The van der Waals surface area contributed by atoms with Crippen molar-refractivity contribution in [3.8, 4) is 0 Å². The minimum Gasteiger partial charge on any atom is -0.334 e. The van der Waals surface area contributed by atoms with Crippen molar-refractivity contribution in [3.63, 3.8) is 0 Å². The van der Waals surface area contributed by atoms with Crippen LogP contribution >= 0.6 is 0 Å². The normalized spacial score (nSPS) is 20.4. The van der Waals surface area contributed by atoms with Crippen LogP contribution in [0.1, 0.15) is 35.7 Å². The molecular weight excluding hydrogens is 360 g/mol. The van der Waals surface area contributed by atoms with E-state index < -0.39 is 9.84 Å². The molecule has 0 radical (unpaired) electrons. The molecule has 6 heteroatoms. The van der Waals surface area contributed by atoms with Gasteiger partial charge in [-0.3, -0.25) is 4.79 Å². The van der Waals surface area contributed by atoms with Gasteiger partial charge in [0.2, 0.25) is 0 Å². The highest BCUT2D eigenvalue weighted by molar-refractivity contribution is 7.90. The molecule has 0 aromatic heterocycles. The van der Waals surface area contributed by atoms with E-state index >= 15 is 0 Å². The highest BCUT2D eigenvalue weighted by Gasteiger charge is 2.29. The van der Waals surface area contributed by atoms with Gasteiger partial charge in [-0.15, -0.1) is 0 Å². The maximum absolute atomic E-state index is 12.8. The number of carbonyl (C=O) groups excluding carboxylic acids is 1. The van der Waals surface area contributed by atoms with Gasteiger partial charge < -0.3 is 10.6 Å². The van der Waals surface area contributed by atoms with Crippen LogP contribution in [0.5, 0.6) is 0 Å². The zero-order valence-electron chi connectivity index (χ0n) is 15.5. The number of likely N-dealkylation sites (tertiary alicyclic amines) is 1. The lowest BCUT2D eigenvalue weighted by molar-refractivity contribution is 0.0573. The van der Waals surface area contributed by atoms with Crippen LogP contribution in [0.2, 0.25) is 0 Å². The summed E-state index contributed by atoms with van der Waals surface area (Å²) in [6, 6.07) is 15.4. The first-order valence-corrected chi connectivity index (χ1v) is 10.9. The second kappa shape index (κ2) is 8.23. The summed E-state index contributed by atoms with van der Waals surface area (Å²) >= 11 is 0. The number of benzene rings is 2. The van der Waals surface area contributed by atoms with Gasteiger partial charge in [-0.1, -0.05) is 37.3 Å². The molecule has 1 amide bonds. The first kappa shape index (κ1) is 19.6. The molecule has 2 atom stereocenters. The van der Waals surface area contributed by atoms with Crippen LogP contribution in [0, 0.1) is 5.92 Å². The van der Waals surface area contributed by atoms with Crippen LogP contribution < -0.4 is 5.73 Å². The van der Waals surface area contributed by atoms with Crippen molar-refractivity contribution in [3.05, 3.63) is 65.7 Å². The molecule has 2 unspecified atom stereocenters. The van der Waals surface area contributed by atoms with Gasteiger partial charge in [0.05, 0.1) is 10.6 Å². The van der Waals surface area contributed by atoms with E-state index in [1.54, 1.807) is 24.3 Å². The molecule has 27 heavy (non-hydrogen) atoms. The summed E-state index contributed by atoms with van der Waals surface area (Å²) in [4.78, 5) is 14.9. The van der Waals surface area contributed by atoms with Crippen LogP contribution in [-0.2, 0) is 15.6 Å². The van der Waals surface area contributed by atoms with Crippen molar-refractivity contribution in [2.75, 3.05) is 13.1 Å². The van der Waals surface area contributed by atoms with Gasteiger partial charge in [-0.25, -0.2) is 8.42 Å². The molecular formula is C21H26N2O3S. The quantitative estimate of drug-likeness (QED) is 0.857. The number of piperidine rings is 1. The van der Waals surface area contributed by atoms with Crippen LogP contribution in [0.3, 0.4) is 0 Å². The largest absolute Gasteiger partial charge is 0.334 e. The zero-order chi connectivity index (χ0) is 19.4. The van der Waals surface area contributed by atoms with Gasteiger partial charge in [-0.2, -0.15) is 0 Å². The van der Waals surface area contributed by atoms with Gasteiger partial charge in [0.15, 0.2) is 9.84 Å². The third kappa shape index (κ3) is 4.57. The molecule has 2 aromatic carbocycles. The van der Waals surface area contributed by atoms with Gasteiger partial charge in [-0.05, 0) is 48.6 Å². The van der Waals surface area contributed by atoms with Crippen LogP contribution in [0.15, 0.2) is 59.5 Å². The van der Waals surface area contributed by atoms with E-state index in [9.17, 15) is 13.2 Å². The zero-order valence-corrected chi connectivity index (χ0v) is 16.4. The summed E-state index contributed by atoms with van der Waals surface area (Å²) in [5.74, 6) is 0.429. The maximum Gasteiger partial charge on any atom is 0.254 e. The molecule has 5 nitrogen and oxygen atoms in total. The van der Waals surface area contributed by atoms with Crippen LogP contribution in [0.25, 0.3) is 0 Å². The fraction of sp³-hybridized carbons (Fsp3) is 0.381. The number of hydrogen-bond acceptors (Lipinski definition) is 4. The third-order valence-corrected chi connectivity index (χ3v) is 6.87. The van der Waals surface area contributed by atoms with Gasteiger partial charge in [0, 0.05) is 24.7 Å². The first-order chi connectivity index (χ1) is 12.9. The van der Waals surface area contributed by atoms with E-state index in [1.807, 2.05) is 23.1 Å². The molecule has 1 aliphatic rings. The molecule has 1 fully saturated rings. The Kier molecular flexibility index (Phi) is 5.97. The second-order valence-electron chi connectivity index (χ2n) is 7.29. The molecule has 1 aliphatic heterocycles. The topological polar surface area (TPSA) is 80.5 Å². The number of carbonyl (C=O) groups is 1. The Morgan fingerprint density at radius 2 is 1.78 bits per heavy atom. The number of sulfone groups is 1. The van der Waals surface area contributed by atoms with E-state index in [0.717, 1.165) is 18.4 Å². The second-order valence-corrected chi connectivity index (χ2v) is 9.28. The summed E-state index contributed by atoms with van der Waals surface area (Å²) in [5.41, 5.74) is 7.10. The SMILES string of the molecule is CC1CCN(C(=O)c2ccc(S(=O)(=O)Cc3ccccc3)cc2)C(CN)C1. The molecule has 0 aliphatic carbocycles. The Morgan fingerprint density at radius 3 is 2.41 bits per heavy atom. The highest BCUT2D eigenvalue weighted by Crippen LogP contribution is 2.24. The number of rotatable bonds is 5. The van der Waals surface area contributed by atoms with Crippen molar-refractivity contribution < 1.29 is 13.2 Å². The fourth-order valence-corrected chi connectivity index (χ4v) is 4.94. The average molecular weight is 387 g/mol. The van der Waals surface area contributed by atoms with E-state index in [1.165, 1.54) is 12.1 Å². The van der Waals surface area contributed by atoms with E-state index in [4.69, 9.17) is 5.73 Å². The smallest absolute Gasteiger partial charge is 0.254 e. The van der Waals surface area contributed by atoms with Crippen LogP contribution in [-0.4, -0.2) is 38.4 Å². The first-order valence-electron chi connectivity index (χ1n) is 9.28. The monoisotopic (exact) mass is 386 g/mol. The lowest BCUT2D eigenvalue weighted by Crippen LogP contribution is -2.49. The highest BCUT2D eigenvalue weighted by atomic mass is 32.2. The van der Waals surface area contributed by atoms with Gasteiger partial charge in [0.25, 0.3) is 5.91 Å². The fourth-order valence-electron chi connectivity index (χ4n) is 3.59. The van der Waals surface area contributed by atoms with Gasteiger partial charge >= 0.3 is 0 Å². The summed E-state index contributed by atoms with van der Waals surface area (Å²) in [5, 5.41) is 0. The van der Waals surface area contributed by atoms with Crippen molar-refractivity contribution >= 4 is 15.7 Å². The minimum atomic E-state index is -3.45. The van der Waals surface area contributed by atoms with Crippen molar-refractivity contribution in [1.82, 2.24) is 4.90 Å². The van der Waals surface area contributed by atoms with Crippen LogP contribution in [0.4, 0.5) is 0 Å². The Bertz CT molecular complexity index is 879. The summed E-state index contributed by atoms with van der Waals surface area (Å²) in [6.45, 7) is 3.31. The predicted molar refractivity (Wildman–Crippen MR) is 106 cm³/mol. The Labute approximate surface area is 161 Å².